The van der Waals surface area contributed by atoms with Gasteiger partial charge in [0.25, 0.3) is 0 Å². The minimum absolute atomic E-state index is 0.754. The molecule has 2 N–H and O–H groups in total. The van der Waals surface area contributed by atoms with Crippen LogP contribution in [0.15, 0.2) is 42.1 Å². The fourth-order valence-electron chi connectivity index (χ4n) is 1.50. The van der Waals surface area contributed by atoms with Gasteiger partial charge in [-0.2, -0.15) is 5.10 Å². The third kappa shape index (κ3) is 4.31. The summed E-state index contributed by atoms with van der Waals surface area (Å²) in [7, 11) is 0. The summed E-state index contributed by atoms with van der Waals surface area (Å²) in [6, 6.07) is 7.60. The van der Waals surface area contributed by atoms with E-state index < -0.39 is 0 Å². The van der Waals surface area contributed by atoms with Crippen LogP contribution in [-0.2, 0) is 0 Å². The zero-order chi connectivity index (χ0) is 12.7. The van der Waals surface area contributed by atoms with E-state index in [-0.39, 0.29) is 0 Å². The van der Waals surface area contributed by atoms with E-state index in [9.17, 15) is 0 Å². The molecule has 0 bridgehead atoms. The zero-order valence-electron chi connectivity index (χ0n) is 10.7. The Balaban J connectivity index is 2.77. The van der Waals surface area contributed by atoms with E-state index in [0.29, 0.717) is 0 Å². The van der Waals surface area contributed by atoms with Gasteiger partial charge in [0.1, 0.15) is 0 Å². The lowest BCUT2D eigenvalue weighted by Crippen LogP contribution is -2.10. The topological polar surface area (TPSA) is 41.6 Å². The lowest BCUT2D eigenvalue weighted by Gasteiger charge is -2.15. The summed E-state index contributed by atoms with van der Waals surface area (Å²) in [5.41, 5.74) is 8.50. The van der Waals surface area contributed by atoms with Crippen molar-refractivity contribution in [1.82, 2.24) is 0 Å². The van der Waals surface area contributed by atoms with Gasteiger partial charge in [-0.15, -0.1) is 0 Å². The van der Waals surface area contributed by atoms with Crippen molar-refractivity contribution >= 4 is 17.1 Å². The standard InChI is InChI=1S/C14H21N3/c1-4-6-7-12(3)16-17(5-2)14-10-8-13(15)9-11-14/h5,8-11H,2,4,6-7,15H2,1,3H3/b16-12-. The zero-order valence-corrected chi connectivity index (χ0v) is 10.7. The summed E-state index contributed by atoms with van der Waals surface area (Å²) in [4.78, 5) is 0. The van der Waals surface area contributed by atoms with Gasteiger partial charge in [0.15, 0.2) is 0 Å². The maximum atomic E-state index is 5.66. The predicted octanol–water partition coefficient (Wildman–Crippen LogP) is 3.78. The second-order valence-electron chi connectivity index (χ2n) is 4.06. The van der Waals surface area contributed by atoms with Crippen molar-refractivity contribution in [1.29, 1.82) is 0 Å². The molecule has 0 unspecified atom stereocenters. The van der Waals surface area contributed by atoms with Crippen LogP contribution in [0.1, 0.15) is 33.1 Å². The number of hydrazone groups is 1. The third-order valence-corrected chi connectivity index (χ3v) is 2.50. The van der Waals surface area contributed by atoms with Crippen LogP contribution in [0.4, 0.5) is 11.4 Å². The molecule has 0 atom stereocenters. The highest BCUT2D eigenvalue weighted by molar-refractivity contribution is 5.83. The summed E-state index contributed by atoms with van der Waals surface area (Å²) in [6.45, 7) is 8.00. The van der Waals surface area contributed by atoms with E-state index >= 15 is 0 Å². The molecule has 0 saturated heterocycles. The van der Waals surface area contributed by atoms with Crippen molar-refractivity contribution in [2.45, 2.75) is 33.1 Å². The molecule has 0 aliphatic rings. The molecule has 0 spiro atoms. The van der Waals surface area contributed by atoms with Crippen molar-refractivity contribution in [3.63, 3.8) is 0 Å². The Bertz CT molecular complexity index is 379. The Morgan fingerprint density at radius 3 is 2.59 bits per heavy atom. The first kappa shape index (κ1) is 13.3. The number of hydrogen-bond donors (Lipinski definition) is 1. The fourth-order valence-corrected chi connectivity index (χ4v) is 1.50. The van der Waals surface area contributed by atoms with Gasteiger partial charge in [0.2, 0.25) is 0 Å². The van der Waals surface area contributed by atoms with Crippen LogP contribution >= 0.6 is 0 Å². The molecule has 0 radical (unpaired) electrons. The molecule has 92 valence electrons. The largest absolute Gasteiger partial charge is 0.399 e. The van der Waals surface area contributed by atoms with E-state index in [1.165, 1.54) is 12.8 Å². The highest BCUT2D eigenvalue weighted by Gasteiger charge is 2.01. The monoisotopic (exact) mass is 231 g/mol. The van der Waals surface area contributed by atoms with E-state index in [0.717, 1.165) is 23.5 Å². The summed E-state index contributed by atoms with van der Waals surface area (Å²) in [5.74, 6) is 0. The SMILES string of the molecule is C=CN(/N=C(/C)CCCC)c1ccc(N)cc1. The highest BCUT2D eigenvalue weighted by Crippen LogP contribution is 2.17. The maximum Gasteiger partial charge on any atom is 0.0646 e. The predicted molar refractivity (Wildman–Crippen MR) is 76.2 cm³/mol. The summed E-state index contributed by atoms with van der Waals surface area (Å²) in [6.07, 6.45) is 5.08. The molecular formula is C14H21N3. The molecule has 1 aromatic carbocycles. The molecule has 0 heterocycles. The number of hydrogen-bond acceptors (Lipinski definition) is 3. The molecule has 3 heteroatoms. The minimum Gasteiger partial charge on any atom is -0.399 e. The molecule has 1 rings (SSSR count). The van der Waals surface area contributed by atoms with Crippen LogP contribution in [0, 0.1) is 0 Å². The minimum atomic E-state index is 0.754. The van der Waals surface area contributed by atoms with Crippen molar-refractivity contribution < 1.29 is 0 Å². The quantitative estimate of drug-likeness (QED) is 0.460. The third-order valence-electron chi connectivity index (χ3n) is 2.50. The summed E-state index contributed by atoms with van der Waals surface area (Å²) in [5, 5.41) is 6.31. The molecular weight excluding hydrogens is 210 g/mol. The molecule has 1 aromatic rings. The van der Waals surface area contributed by atoms with Crippen LogP contribution < -0.4 is 10.7 Å². The second-order valence-corrected chi connectivity index (χ2v) is 4.06. The molecule has 0 aromatic heterocycles. The Kier molecular flexibility index (Phi) is 5.27. The van der Waals surface area contributed by atoms with Gasteiger partial charge in [-0.25, -0.2) is 5.01 Å². The number of nitrogens with two attached hydrogens (primary N) is 1. The number of unbranched alkanes of at least 4 members (excludes halogenated alkanes) is 1. The molecule has 17 heavy (non-hydrogen) atoms. The normalized spacial score (nSPS) is 11.3. The van der Waals surface area contributed by atoms with E-state index in [4.69, 9.17) is 5.73 Å². The lowest BCUT2D eigenvalue weighted by molar-refractivity contribution is 0.828. The van der Waals surface area contributed by atoms with Crippen molar-refractivity contribution in [2.75, 3.05) is 10.7 Å². The highest BCUT2D eigenvalue weighted by atomic mass is 15.4. The molecule has 0 amide bonds. The summed E-state index contributed by atoms with van der Waals surface area (Å²) >= 11 is 0. The average molecular weight is 231 g/mol. The maximum absolute atomic E-state index is 5.66. The molecule has 3 nitrogen and oxygen atoms in total. The molecule has 0 saturated carbocycles. The van der Waals surface area contributed by atoms with E-state index in [2.05, 4.69) is 18.6 Å². The average Bonchev–Trinajstić information content (AvgIpc) is 2.34. The van der Waals surface area contributed by atoms with Crippen molar-refractivity contribution in [2.24, 2.45) is 5.10 Å². The van der Waals surface area contributed by atoms with Gasteiger partial charge >= 0.3 is 0 Å². The van der Waals surface area contributed by atoms with Gasteiger partial charge in [0.05, 0.1) is 5.69 Å². The van der Waals surface area contributed by atoms with Crippen LogP contribution in [0.2, 0.25) is 0 Å². The fraction of sp³-hybridized carbons (Fsp3) is 0.357. The van der Waals surface area contributed by atoms with Crippen LogP contribution in [0.5, 0.6) is 0 Å². The molecule has 0 aliphatic heterocycles. The first-order valence-corrected chi connectivity index (χ1v) is 5.98. The lowest BCUT2D eigenvalue weighted by atomic mass is 10.2. The Morgan fingerprint density at radius 2 is 2.06 bits per heavy atom. The van der Waals surface area contributed by atoms with Gasteiger partial charge in [0, 0.05) is 17.6 Å². The number of anilines is 2. The van der Waals surface area contributed by atoms with Gasteiger partial charge in [-0.1, -0.05) is 19.9 Å². The van der Waals surface area contributed by atoms with E-state index in [1.54, 1.807) is 11.2 Å². The Hall–Kier alpha value is -1.77. The summed E-state index contributed by atoms with van der Waals surface area (Å²) < 4.78 is 0. The number of nitrogen functional groups attached to an aromatic ring is 1. The number of nitrogens with zero attached hydrogens (tertiary/aromatic N) is 2. The second kappa shape index (κ2) is 6.74. The first-order valence-electron chi connectivity index (χ1n) is 5.98. The molecule has 0 aliphatic carbocycles. The van der Waals surface area contributed by atoms with Gasteiger partial charge in [-0.05, 0) is 44.0 Å². The van der Waals surface area contributed by atoms with Crippen LogP contribution in [0.25, 0.3) is 0 Å². The first-order chi connectivity index (χ1) is 8.17. The van der Waals surface area contributed by atoms with Crippen molar-refractivity contribution in [3.05, 3.63) is 37.0 Å². The molecule has 0 fully saturated rings. The smallest absolute Gasteiger partial charge is 0.0646 e. The van der Waals surface area contributed by atoms with Crippen molar-refractivity contribution in [3.8, 4) is 0 Å². The van der Waals surface area contributed by atoms with Crippen LogP contribution in [-0.4, -0.2) is 5.71 Å². The van der Waals surface area contributed by atoms with Gasteiger partial charge < -0.3 is 5.73 Å². The van der Waals surface area contributed by atoms with Crippen LogP contribution in [0.3, 0.4) is 0 Å². The Morgan fingerprint density at radius 1 is 1.41 bits per heavy atom. The van der Waals surface area contributed by atoms with Gasteiger partial charge in [-0.3, -0.25) is 0 Å². The number of benzene rings is 1. The number of rotatable bonds is 6. The Labute approximate surface area is 104 Å². The van der Waals surface area contributed by atoms with E-state index in [1.807, 2.05) is 31.2 Å².